The number of anilines is 1. The summed E-state index contributed by atoms with van der Waals surface area (Å²) in [5.74, 6) is -0.0982. The van der Waals surface area contributed by atoms with Crippen molar-refractivity contribution >= 4 is 23.4 Å². The molecule has 0 spiro atoms. The average Bonchev–Trinajstić information content (AvgIpc) is 3.03. The molecule has 22 heavy (non-hydrogen) atoms. The largest absolute Gasteiger partial charge is 0.325 e. The Labute approximate surface area is 134 Å². The molecular weight excluding hydrogens is 296 g/mol. The molecule has 5 nitrogen and oxygen atoms in total. The summed E-state index contributed by atoms with van der Waals surface area (Å²) in [6.07, 6.45) is 5.51. The molecule has 0 aliphatic carbocycles. The van der Waals surface area contributed by atoms with Crippen molar-refractivity contribution in [3.05, 3.63) is 43.0 Å². The van der Waals surface area contributed by atoms with Gasteiger partial charge in [0.15, 0.2) is 0 Å². The number of para-hydroxylation sites is 1. The number of hydrogen-bond donors (Lipinski definition) is 1. The van der Waals surface area contributed by atoms with Gasteiger partial charge < -0.3 is 9.88 Å². The molecule has 114 valence electrons. The third-order valence-corrected chi connectivity index (χ3v) is 4.38. The van der Waals surface area contributed by atoms with E-state index >= 15 is 0 Å². The van der Waals surface area contributed by atoms with Gasteiger partial charge in [0.2, 0.25) is 5.91 Å². The SMILES string of the molecule is C[C@@H](CC#N)Sc1ccccc1NC(=O)[C@H](C)n1ccnc1. The smallest absolute Gasteiger partial charge is 0.247 e. The second-order valence-corrected chi connectivity index (χ2v) is 6.44. The first-order valence-electron chi connectivity index (χ1n) is 7.02. The molecule has 1 heterocycles. The van der Waals surface area contributed by atoms with E-state index in [0.29, 0.717) is 6.42 Å². The number of amides is 1. The van der Waals surface area contributed by atoms with Gasteiger partial charge in [-0.05, 0) is 19.1 Å². The van der Waals surface area contributed by atoms with E-state index in [0.717, 1.165) is 10.6 Å². The zero-order valence-electron chi connectivity index (χ0n) is 12.6. The molecule has 1 aromatic heterocycles. The third-order valence-electron chi connectivity index (χ3n) is 3.20. The van der Waals surface area contributed by atoms with Crippen LogP contribution in [-0.4, -0.2) is 20.7 Å². The molecule has 2 aromatic rings. The van der Waals surface area contributed by atoms with Gasteiger partial charge in [-0.15, -0.1) is 11.8 Å². The van der Waals surface area contributed by atoms with Crippen LogP contribution in [0.2, 0.25) is 0 Å². The first kappa shape index (κ1) is 16.1. The van der Waals surface area contributed by atoms with Crippen molar-refractivity contribution in [2.24, 2.45) is 0 Å². The fourth-order valence-electron chi connectivity index (χ4n) is 1.93. The Bertz CT molecular complexity index is 663. The molecule has 0 aliphatic heterocycles. The molecule has 0 unspecified atom stereocenters. The molecule has 0 saturated carbocycles. The summed E-state index contributed by atoms with van der Waals surface area (Å²) < 4.78 is 1.75. The van der Waals surface area contributed by atoms with Crippen LogP contribution in [0.5, 0.6) is 0 Å². The molecule has 0 radical (unpaired) electrons. The number of nitrogens with one attached hydrogen (secondary N) is 1. The van der Waals surface area contributed by atoms with E-state index in [4.69, 9.17) is 5.26 Å². The lowest BCUT2D eigenvalue weighted by molar-refractivity contribution is -0.118. The van der Waals surface area contributed by atoms with Gasteiger partial charge in [0.1, 0.15) is 6.04 Å². The van der Waals surface area contributed by atoms with E-state index in [-0.39, 0.29) is 17.2 Å². The third kappa shape index (κ3) is 4.12. The molecule has 6 heteroatoms. The fourth-order valence-corrected chi connectivity index (χ4v) is 2.93. The van der Waals surface area contributed by atoms with Crippen molar-refractivity contribution in [3.8, 4) is 6.07 Å². The number of benzene rings is 1. The Morgan fingerprint density at radius 1 is 1.45 bits per heavy atom. The van der Waals surface area contributed by atoms with Crippen molar-refractivity contribution in [2.75, 3.05) is 5.32 Å². The summed E-state index contributed by atoms with van der Waals surface area (Å²) in [6, 6.07) is 9.47. The molecule has 0 fully saturated rings. The van der Waals surface area contributed by atoms with E-state index in [2.05, 4.69) is 16.4 Å². The van der Waals surface area contributed by atoms with Crippen molar-refractivity contribution in [2.45, 2.75) is 36.5 Å². The van der Waals surface area contributed by atoms with Crippen LogP contribution in [0.3, 0.4) is 0 Å². The fraction of sp³-hybridized carbons (Fsp3) is 0.312. The van der Waals surface area contributed by atoms with Crippen molar-refractivity contribution in [3.63, 3.8) is 0 Å². The second kappa shape index (κ2) is 7.66. The Hall–Kier alpha value is -2.26. The Kier molecular flexibility index (Phi) is 5.61. The summed E-state index contributed by atoms with van der Waals surface area (Å²) in [4.78, 5) is 17.3. The molecule has 0 bridgehead atoms. The topological polar surface area (TPSA) is 70.7 Å². The van der Waals surface area contributed by atoms with Crippen LogP contribution in [0, 0.1) is 11.3 Å². The molecule has 2 rings (SSSR count). The lowest BCUT2D eigenvalue weighted by atomic mass is 10.2. The number of imidazole rings is 1. The molecule has 0 saturated heterocycles. The van der Waals surface area contributed by atoms with Crippen molar-refractivity contribution in [1.29, 1.82) is 5.26 Å². The van der Waals surface area contributed by atoms with Gasteiger partial charge in [-0.25, -0.2) is 4.98 Å². The molecule has 1 amide bonds. The number of hydrogen-bond acceptors (Lipinski definition) is 4. The highest BCUT2D eigenvalue weighted by Crippen LogP contribution is 2.31. The standard InChI is InChI=1S/C16H18N4OS/c1-12(7-8-17)22-15-6-4-3-5-14(15)19-16(21)13(2)20-10-9-18-11-20/h3-6,9-13H,7H2,1-2H3,(H,19,21)/t12-,13-/m0/s1. The summed E-state index contributed by atoms with van der Waals surface area (Å²) in [5.41, 5.74) is 0.772. The van der Waals surface area contributed by atoms with Crippen LogP contribution in [0.25, 0.3) is 0 Å². The van der Waals surface area contributed by atoms with Gasteiger partial charge in [0.25, 0.3) is 0 Å². The first-order valence-corrected chi connectivity index (χ1v) is 7.90. The molecule has 1 aromatic carbocycles. The monoisotopic (exact) mass is 314 g/mol. The minimum atomic E-state index is -0.336. The summed E-state index contributed by atoms with van der Waals surface area (Å²) >= 11 is 1.59. The zero-order valence-corrected chi connectivity index (χ0v) is 13.4. The molecule has 0 aliphatic rings. The summed E-state index contributed by atoms with van der Waals surface area (Å²) in [7, 11) is 0. The van der Waals surface area contributed by atoms with Crippen LogP contribution in [-0.2, 0) is 4.79 Å². The van der Waals surface area contributed by atoms with Crippen LogP contribution in [0.15, 0.2) is 47.9 Å². The van der Waals surface area contributed by atoms with Crippen LogP contribution in [0.4, 0.5) is 5.69 Å². The number of nitrogens with zero attached hydrogens (tertiary/aromatic N) is 3. The van der Waals surface area contributed by atoms with Crippen molar-refractivity contribution < 1.29 is 4.79 Å². The number of aromatic nitrogens is 2. The van der Waals surface area contributed by atoms with Crippen LogP contribution >= 0.6 is 11.8 Å². The normalized spacial score (nSPS) is 13.1. The lowest BCUT2D eigenvalue weighted by Crippen LogP contribution is -2.23. The van der Waals surface area contributed by atoms with Gasteiger partial charge in [-0.2, -0.15) is 5.26 Å². The zero-order chi connectivity index (χ0) is 15.9. The second-order valence-electron chi connectivity index (χ2n) is 4.96. The summed E-state index contributed by atoms with van der Waals surface area (Å²) in [6.45, 7) is 3.83. The Balaban J connectivity index is 2.09. The lowest BCUT2D eigenvalue weighted by Gasteiger charge is -2.16. The molecular formula is C16H18N4OS. The molecule has 1 N–H and O–H groups in total. The van der Waals surface area contributed by atoms with Gasteiger partial charge in [0.05, 0.1) is 18.1 Å². The highest BCUT2D eigenvalue weighted by atomic mass is 32.2. The highest BCUT2D eigenvalue weighted by Gasteiger charge is 2.16. The van der Waals surface area contributed by atoms with E-state index < -0.39 is 0 Å². The van der Waals surface area contributed by atoms with Crippen LogP contribution in [0.1, 0.15) is 26.3 Å². The predicted molar refractivity (Wildman–Crippen MR) is 87.6 cm³/mol. The van der Waals surface area contributed by atoms with Gasteiger partial charge in [-0.1, -0.05) is 19.1 Å². The highest BCUT2D eigenvalue weighted by molar-refractivity contribution is 8.00. The maximum atomic E-state index is 12.4. The van der Waals surface area contributed by atoms with Crippen molar-refractivity contribution in [1.82, 2.24) is 9.55 Å². The molecule has 2 atom stereocenters. The number of rotatable bonds is 6. The average molecular weight is 314 g/mol. The maximum absolute atomic E-state index is 12.4. The number of thioether (sulfide) groups is 1. The maximum Gasteiger partial charge on any atom is 0.247 e. The van der Waals surface area contributed by atoms with E-state index in [1.807, 2.05) is 38.1 Å². The summed E-state index contributed by atoms with van der Waals surface area (Å²) in [5, 5.41) is 11.9. The number of nitriles is 1. The quantitative estimate of drug-likeness (QED) is 0.829. The van der Waals surface area contributed by atoms with Gasteiger partial charge >= 0.3 is 0 Å². The van der Waals surface area contributed by atoms with E-state index in [9.17, 15) is 4.79 Å². The predicted octanol–water partition coefficient (Wildman–Crippen LogP) is 3.48. The van der Waals surface area contributed by atoms with Crippen LogP contribution < -0.4 is 5.32 Å². The van der Waals surface area contributed by atoms with E-state index in [1.54, 1.807) is 35.0 Å². The van der Waals surface area contributed by atoms with E-state index in [1.165, 1.54) is 0 Å². The number of carbonyl (C=O) groups is 1. The van der Waals surface area contributed by atoms with Gasteiger partial charge in [0, 0.05) is 29.0 Å². The van der Waals surface area contributed by atoms with Gasteiger partial charge in [-0.3, -0.25) is 4.79 Å². The Morgan fingerprint density at radius 2 is 2.23 bits per heavy atom. The Morgan fingerprint density at radius 3 is 2.91 bits per heavy atom. The number of carbonyl (C=O) groups excluding carboxylic acids is 1. The minimum absolute atomic E-state index is 0.0982. The minimum Gasteiger partial charge on any atom is -0.325 e. The first-order chi connectivity index (χ1) is 10.6.